The molecule has 1 aliphatic rings. The Morgan fingerprint density at radius 3 is 3.00 bits per heavy atom. The molecule has 1 rings (SSSR count). The van der Waals surface area contributed by atoms with E-state index in [0.717, 1.165) is 5.88 Å². The Morgan fingerprint density at radius 2 is 2.83 bits per heavy atom. The fraction of sp³-hybridized carbons (Fsp3) is 0.333. The lowest BCUT2D eigenvalue weighted by atomic mass is 10.9. The summed E-state index contributed by atoms with van der Waals surface area (Å²) in [4.78, 5) is 0. The zero-order valence-electron chi connectivity index (χ0n) is 3.18. The fourth-order valence-corrected chi connectivity index (χ4v) is 0.598. The van der Waals surface area contributed by atoms with E-state index in [9.17, 15) is 0 Å². The minimum Gasteiger partial charge on any atom is -0.430 e. The van der Waals surface area contributed by atoms with Gasteiger partial charge in [0.1, 0.15) is 6.26 Å². The van der Waals surface area contributed by atoms with Gasteiger partial charge in [-0.25, -0.2) is 0 Å². The zero-order valence-corrected chi connectivity index (χ0v) is 3.99. The molecule has 0 bridgehead atoms. The molecule has 0 saturated heterocycles. The van der Waals surface area contributed by atoms with E-state index in [1.807, 2.05) is 0 Å². The van der Waals surface area contributed by atoms with Crippen molar-refractivity contribution in [2.75, 3.05) is 5.88 Å². The summed E-state index contributed by atoms with van der Waals surface area (Å²) in [6, 6.07) is 0. The van der Waals surface area contributed by atoms with Crippen LogP contribution in [-0.2, 0) is 4.18 Å². The number of hydrogen-bond donors (Lipinski definition) is 1. The van der Waals surface area contributed by atoms with Crippen LogP contribution in [0.4, 0.5) is 0 Å². The van der Waals surface area contributed by atoms with Gasteiger partial charge in [-0.3, -0.25) is 0 Å². The number of rotatable bonds is 0. The third-order valence-corrected chi connectivity index (χ3v) is 0.983. The van der Waals surface area contributed by atoms with E-state index < -0.39 is 0 Å². The normalized spacial score (nSPS) is 18.7. The van der Waals surface area contributed by atoms with Gasteiger partial charge in [0, 0.05) is 6.20 Å². The van der Waals surface area contributed by atoms with Gasteiger partial charge in [-0.1, -0.05) is 0 Å². The first-order valence-electron chi connectivity index (χ1n) is 1.67. The van der Waals surface area contributed by atoms with Crippen molar-refractivity contribution in [1.82, 2.24) is 5.32 Å². The Labute approximate surface area is 40.8 Å². The molecule has 0 aromatic carbocycles. The highest BCUT2D eigenvalue weighted by atomic mass is 32.2. The molecule has 0 amide bonds. The molecule has 1 aliphatic heterocycles. The van der Waals surface area contributed by atoms with Crippen LogP contribution in [0.3, 0.4) is 0 Å². The van der Waals surface area contributed by atoms with E-state index in [1.54, 1.807) is 12.5 Å². The molecule has 3 heteroatoms. The van der Waals surface area contributed by atoms with Crippen molar-refractivity contribution >= 4 is 12.0 Å². The topological polar surface area (TPSA) is 21.3 Å². The monoisotopic (exact) mass is 103 g/mol. The van der Waals surface area contributed by atoms with E-state index in [0.29, 0.717) is 0 Å². The lowest BCUT2D eigenvalue weighted by Gasteiger charge is -2.02. The maximum Gasteiger partial charge on any atom is 0.117 e. The van der Waals surface area contributed by atoms with E-state index in [4.69, 9.17) is 4.18 Å². The lowest BCUT2D eigenvalue weighted by Crippen LogP contribution is -2.05. The first kappa shape index (κ1) is 3.87. The highest BCUT2D eigenvalue weighted by Crippen LogP contribution is 2.02. The second-order valence-electron chi connectivity index (χ2n) is 0.865. The first-order valence-corrected chi connectivity index (χ1v) is 2.58. The summed E-state index contributed by atoms with van der Waals surface area (Å²) in [7, 11) is 0. The highest BCUT2D eigenvalue weighted by molar-refractivity contribution is 7.94. The van der Waals surface area contributed by atoms with Crippen molar-refractivity contribution in [2.45, 2.75) is 0 Å². The minimum absolute atomic E-state index is 0.858. The molecule has 0 saturated carbocycles. The van der Waals surface area contributed by atoms with Gasteiger partial charge in [0.15, 0.2) is 0 Å². The molecule has 0 atom stereocenters. The molecule has 0 aromatic heterocycles. The predicted molar refractivity (Wildman–Crippen MR) is 25.8 cm³/mol. The van der Waals surface area contributed by atoms with Crippen molar-refractivity contribution in [3.63, 3.8) is 0 Å². The molecule has 0 fully saturated rings. The summed E-state index contributed by atoms with van der Waals surface area (Å²) in [5.41, 5.74) is 0. The van der Waals surface area contributed by atoms with Gasteiger partial charge in [0.05, 0.1) is 17.9 Å². The molecule has 0 aliphatic carbocycles. The Kier molecular flexibility index (Phi) is 1.27. The molecular formula is C3H5NOS. The summed E-state index contributed by atoms with van der Waals surface area (Å²) in [5.74, 6) is 0.858. The first-order chi connectivity index (χ1) is 3.00. The summed E-state index contributed by atoms with van der Waals surface area (Å²) < 4.78 is 4.74. The van der Waals surface area contributed by atoms with Gasteiger partial charge in [0.2, 0.25) is 0 Å². The van der Waals surface area contributed by atoms with Crippen LogP contribution in [-0.4, -0.2) is 5.88 Å². The van der Waals surface area contributed by atoms with E-state index in [-0.39, 0.29) is 0 Å². The SMILES string of the molecule is C1=COSCN1. The largest absolute Gasteiger partial charge is 0.430 e. The summed E-state index contributed by atoms with van der Waals surface area (Å²) in [5, 5.41) is 2.94. The number of nitrogens with one attached hydrogen (secondary N) is 1. The smallest absolute Gasteiger partial charge is 0.117 e. The van der Waals surface area contributed by atoms with Crippen LogP contribution in [0.15, 0.2) is 12.5 Å². The molecule has 0 unspecified atom stereocenters. The van der Waals surface area contributed by atoms with E-state index in [1.165, 1.54) is 12.0 Å². The van der Waals surface area contributed by atoms with Crippen molar-refractivity contribution in [3.05, 3.63) is 12.5 Å². The Balaban J connectivity index is 2.26. The van der Waals surface area contributed by atoms with Crippen LogP contribution in [0.1, 0.15) is 0 Å². The summed E-state index contributed by atoms with van der Waals surface area (Å²) in [6.07, 6.45) is 3.39. The Bertz CT molecular complexity index is 55.8. The lowest BCUT2D eigenvalue weighted by molar-refractivity contribution is 0.546. The van der Waals surface area contributed by atoms with Gasteiger partial charge in [-0.05, 0) is 0 Å². The fourth-order valence-electron chi connectivity index (χ4n) is 0.231. The van der Waals surface area contributed by atoms with Gasteiger partial charge >= 0.3 is 0 Å². The second-order valence-corrected chi connectivity index (χ2v) is 1.58. The predicted octanol–water partition coefficient (Wildman–Crippen LogP) is 0.683. The molecule has 34 valence electrons. The van der Waals surface area contributed by atoms with Gasteiger partial charge in [-0.15, -0.1) is 0 Å². The molecule has 6 heavy (non-hydrogen) atoms. The Hall–Kier alpha value is -0.310. The molecule has 0 spiro atoms. The van der Waals surface area contributed by atoms with Crippen LogP contribution in [0, 0.1) is 0 Å². The molecular weight excluding hydrogens is 98.1 g/mol. The third kappa shape index (κ3) is 0.825. The van der Waals surface area contributed by atoms with Crippen LogP contribution in [0.2, 0.25) is 0 Å². The molecule has 1 N–H and O–H groups in total. The van der Waals surface area contributed by atoms with Crippen LogP contribution in [0.25, 0.3) is 0 Å². The van der Waals surface area contributed by atoms with E-state index in [2.05, 4.69) is 5.32 Å². The third-order valence-electron chi connectivity index (χ3n) is 0.452. The van der Waals surface area contributed by atoms with Gasteiger partial charge < -0.3 is 9.50 Å². The maximum atomic E-state index is 4.74. The Morgan fingerprint density at radius 1 is 1.83 bits per heavy atom. The van der Waals surface area contributed by atoms with E-state index >= 15 is 0 Å². The summed E-state index contributed by atoms with van der Waals surface area (Å²) in [6.45, 7) is 0. The van der Waals surface area contributed by atoms with Crippen molar-refractivity contribution < 1.29 is 4.18 Å². The minimum atomic E-state index is 0.858. The van der Waals surface area contributed by atoms with Gasteiger partial charge in [-0.2, -0.15) is 0 Å². The van der Waals surface area contributed by atoms with Crippen molar-refractivity contribution in [3.8, 4) is 0 Å². The van der Waals surface area contributed by atoms with Gasteiger partial charge in [0.25, 0.3) is 0 Å². The standard InChI is InChI=1S/C3H5NOS/c1-2-5-6-3-4-1/h1-2,4H,3H2. The van der Waals surface area contributed by atoms with Crippen molar-refractivity contribution in [1.29, 1.82) is 0 Å². The quantitative estimate of drug-likeness (QED) is 0.455. The highest BCUT2D eigenvalue weighted by Gasteiger charge is 1.85. The summed E-state index contributed by atoms with van der Waals surface area (Å²) >= 11 is 1.40. The van der Waals surface area contributed by atoms with Crippen molar-refractivity contribution in [2.24, 2.45) is 0 Å². The average Bonchev–Trinajstić information content (AvgIpc) is 1.72. The van der Waals surface area contributed by atoms with Crippen LogP contribution < -0.4 is 5.32 Å². The maximum absolute atomic E-state index is 4.74. The molecule has 0 radical (unpaired) electrons. The molecule has 0 aromatic rings. The average molecular weight is 103 g/mol. The molecule has 1 heterocycles. The second kappa shape index (κ2) is 1.97. The van der Waals surface area contributed by atoms with Crippen LogP contribution >= 0.6 is 12.0 Å². The van der Waals surface area contributed by atoms with Crippen LogP contribution in [0.5, 0.6) is 0 Å². The zero-order chi connectivity index (χ0) is 4.24. The number of hydrogen-bond acceptors (Lipinski definition) is 3. The molecule has 2 nitrogen and oxygen atoms in total.